The van der Waals surface area contributed by atoms with Crippen LogP contribution in [-0.4, -0.2) is 65.1 Å². The molecule has 7 heteroatoms. The number of halogens is 1. The third kappa shape index (κ3) is 14.4. The normalized spacial score (nSPS) is 18.8. The lowest BCUT2D eigenvalue weighted by Gasteiger charge is -2.12. The van der Waals surface area contributed by atoms with Crippen LogP contribution in [0.25, 0.3) is 11.1 Å². The van der Waals surface area contributed by atoms with E-state index in [1.54, 1.807) is 12.1 Å². The summed E-state index contributed by atoms with van der Waals surface area (Å²) >= 11 is 0. The number of epoxide rings is 2. The van der Waals surface area contributed by atoms with Crippen molar-refractivity contribution >= 4 is 0 Å². The zero-order valence-corrected chi connectivity index (χ0v) is 26.4. The van der Waals surface area contributed by atoms with Gasteiger partial charge in [0.2, 0.25) is 0 Å². The molecule has 0 aliphatic carbocycles. The van der Waals surface area contributed by atoms with Crippen LogP contribution in [0, 0.1) is 17.7 Å². The second-order valence-electron chi connectivity index (χ2n) is 12.4. The predicted molar refractivity (Wildman–Crippen MR) is 168 cm³/mol. The lowest BCUT2D eigenvalue weighted by molar-refractivity contribution is 0.110. The first-order chi connectivity index (χ1) is 21.1. The number of ether oxygens (including phenoxy) is 6. The third-order valence-electron chi connectivity index (χ3n) is 8.21. The van der Waals surface area contributed by atoms with Crippen LogP contribution in [0.3, 0.4) is 0 Å². The zero-order valence-electron chi connectivity index (χ0n) is 26.4. The van der Waals surface area contributed by atoms with Crippen LogP contribution in [-0.2, 0) is 18.9 Å². The Morgan fingerprint density at radius 3 is 1.70 bits per heavy atom. The highest BCUT2D eigenvalue weighted by molar-refractivity contribution is 5.65. The van der Waals surface area contributed by atoms with Gasteiger partial charge in [-0.2, -0.15) is 0 Å². The number of hydrogen-bond donors (Lipinski definition) is 0. The second kappa shape index (κ2) is 19.3. The van der Waals surface area contributed by atoms with Gasteiger partial charge in [-0.05, 0) is 98.6 Å². The molecule has 0 aromatic heterocycles. The van der Waals surface area contributed by atoms with Crippen LogP contribution >= 0.6 is 0 Å². The Kier molecular flexibility index (Phi) is 15.1. The van der Waals surface area contributed by atoms with E-state index in [1.165, 1.54) is 19.3 Å². The molecular formula is C36H53FO6. The molecule has 6 nitrogen and oxygen atoms in total. The minimum Gasteiger partial charge on any atom is -0.494 e. The maximum atomic E-state index is 14.8. The van der Waals surface area contributed by atoms with E-state index in [1.807, 2.05) is 30.3 Å². The Balaban J connectivity index is 1.03. The average Bonchev–Trinajstić information content (AvgIpc) is 3.94. The molecular weight excluding hydrogens is 547 g/mol. The van der Waals surface area contributed by atoms with Gasteiger partial charge in [0.05, 0.1) is 39.6 Å². The van der Waals surface area contributed by atoms with Gasteiger partial charge in [-0.25, -0.2) is 4.39 Å². The Bertz CT molecular complexity index is 1020. The van der Waals surface area contributed by atoms with Gasteiger partial charge in [-0.3, -0.25) is 0 Å². The van der Waals surface area contributed by atoms with Crippen molar-refractivity contribution in [2.24, 2.45) is 11.8 Å². The van der Waals surface area contributed by atoms with Gasteiger partial charge < -0.3 is 28.4 Å². The van der Waals surface area contributed by atoms with Crippen molar-refractivity contribution in [3.05, 3.63) is 48.3 Å². The first-order valence-corrected chi connectivity index (χ1v) is 16.6. The molecule has 240 valence electrons. The van der Waals surface area contributed by atoms with E-state index < -0.39 is 0 Å². The number of hydrogen-bond acceptors (Lipinski definition) is 6. The molecule has 2 aliphatic heterocycles. The highest BCUT2D eigenvalue weighted by Gasteiger charge is 2.22. The lowest BCUT2D eigenvalue weighted by atomic mass is 9.99. The largest absolute Gasteiger partial charge is 0.494 e. The fourth-order valence-corrected chi connectivity index (χ4v) is 5.22. The number of unbranched alkanes of at least 4 members (excludes halogenated alkanes) is 2. The summed E-state index contributed by atoms with van der Waals surface area (Å²) in [4.78, 5) is 0. The zero-order chi connectivity index (χ0) is 30.1. The Labute approximate surface area is 258 Å². The molecule has 43 heavy (non-hydrogen) atoms. The predicted octanol–water partition coefficient (Wildman–Crippen LogP) is 8.25. The van der Waals surface area contributed by atoms with E-state index in [4.69, 9.17) is 28.4 Å². The van der Waals surface area contributed by atoms with E-state index in [9.17, 15) is 4.39 Å². The van der Waals surface area contributed by atoms with Gasteiger partial charge in [-0.1, -0.05) is 44.9 Å². The molecule has 2 heterocycles. The van der Waals surface area contributed by atoms with E-state index in [-0.39, 0.29) is 5.82 Å². The molecule has 2 fully saturated rings. The van der Waals surface area contributed by atoms with Gasteiger partial charge >= 0.3 is 0 Å². The molecule has 0 amide bonds. The third-order valence-corrected chi connectivity index (χ3v) is 8.21. The maximum absolute atomic E-state index is 14.8. The van der Waals surface area contributed by atoms with Crippen LogP contribution in [0.15, 0.2) is 42.5 Å². The Morgan fingerprint density at radius 2 is 1.16 bits per heavy atom. The van der Waals surface area contributed by atoms with Crippen LogP contribution in [0.5, 0.6) is 11.5 Å². The SMILES string of the molecule is CC(CCCCOc1ccc(-c2ccc(OCCCCC(C)CCCOCC3CO3)c(F)c2)cc1)CCCOCC1CO1. The van der Waals surface area contributed by atoms with Gasteiger partial charge in [0.15, 0.2) is 11.6 Å². The van der Waals surface area contributed by atoms with Crippen LogP contribution < -0.4 is 9.47 Å². The molecule has 2 saturated heterocycles. The van der Waals surface area contributed by atoms with Gasteiger partial charge in [0.1, 0.15) is 18.0 Å². The van der Waals surface area contributed by atoms with Crippen molar-refractivity contribution in [1.29, 1.82) is 0 Å². The standard InChI is InChI=1S/C36H53FO6/c1-28(11-7-19-38-24-33-26-42-33)9-3-5-21-40-32-16-13-30(14-17-32)31-15-18-36(35(37)23-31)41-22-6-4-10-29(2)12-8-20-39-25-34-27-43-34/h13-18,23,28-29,33-34H,3-12,19-22,24-27H2,1-2H3. The average molecular weight is 601 g/mol. The highest BCUT2D eigenvalue weighted by Crippen LogP contribution is 2.28. The van der Waals surface area contributed by atoms with Gasteiger partial charge in [0.25, 0.3) is 0 Å². The summed E-state index contributed by atoms with van der Waals surface area (Å²) < 4.78 is 48.0. The lowest BCUT2D eigenvalue weighted by Crippen LogP contribution is -2.05. The van der Waals surface area contributed by atoms with E-state index in [0.29, 0.717) is 43.0 Å². The first kappa shape index (κ1) is 33.7. The van der Waals surface area contributed by atoms with Crippen molar-refractivity contribution in [2.75, 3.05) is 52.9 Å². The van der Waals surface area contributed by atoms with Crippen molar-refractivity contribution in [3.63, 3.8) is 0 Å². The quantitative estimate of drug-likeness (QED) is 0.0845. The smallest absolute Gasteiger partial charge is 0.165 e. The van der Waals surface area contributed by atoms with Gasteiger partial charge in [0, 0.05) is 13.2 Å². The van der Waals surface area contributed by atoms with Crippen molar-refractivity contribution in [3.8, 4) is 22.6 Å². The molecule has 2 aliphatic rings. The number of benzene rings is 2. The molecule has 2 aromatic rings. The van der Waals surface area contributed by atoms with Crippen molar-refractivity contribution < 1.29 is 32.8 Å². The molecule has 0 bridgehead atoms. The summed E-state index contributed by atoms with van der Waals surface area (Å²) in [5.74, 6) is 2.22. The summed E-state index contributed by atoms with van der Waals surface area (Å²) in [5.41, 5.74) is 1.79. The summed E-state index contributed by atoms with van der Waals surface area (Å²) in [6.07, 6.45) is 11.9. The summed E-state index contributed by atoms with van der Waals surface area (Å²) in [6, 6.07) is 13.1. The summed E-state index contributed by atoms with van der Waals surface area (Å²) in [7, 11) is 0. The minimum atomic E-state index is -0.322. The van der Waals surface area contributed by atoms with Crippen LogP contribution in [0.2, 0.25) is 0 Å². The summed E-state index contributed by atoms with van der Waals surface area (Å²) in [5, 5.41) is 0. The molecule has 4 rings (SSSR count). The van der Waals surface area contributed by atoms with Crippen LogP contribution in [0.1, 0.15) is 78.1 Å². The number of rotatable bonds is 25. The molecule has 0 spiro atoms. The highest BCUT2D eigenvalue weighted by atomic mass is 19.1. The molecule has 0 radical (unpaired) electrons. The molecule has 0 saturated carbocycles. The molecule has 2 aromatic carbocycles. The van der Waals surface area contributed by atoms with Gasteiger partial charge in [-0.15, -0.1) is 0 Å². The second-order valence-corrected chi connectivity index (χ2v) is 12.4. The van der Waals surface area contributed by atoms with E-state index in [2.05, 4.69) is 13.8 Å². The van der Waals surface area contributed by atoms with Crippen molar-refractivity contribution in [1.82, 2.24) is 0 Å². The van der Waals surface area contributed by atoms with E-state index in [0.717, 1.165) is 101 Å². The van der Waals surface area contributed by atoms with Crippen LogP contribution in [0.4, 0.5) is 4.39 Å². The van der Waals surface area contributed by atoms with E-state index >= 15 is 0 Å². The Hall–Kier alpha value is -2.19. The van der Waals surface area contributed by atoms with Crippen molar-refractivity contribution in [2.45, 2.75) is 90.3 Å². The topological polar surface area (TPSA) is 62.0 Å². The molecule has 4 unspecified atom stereocenters. The molecule has 4 atom stereocenters. The minimum absolute atomic E-state index is 0.319. The fourth-order valence-electron chi connectivity index (χ4n) is 5.22. The monoisotopic (exact) mass is 600 g/mol. The summed E-state index contributed by atoms with van der Waals surface area (Å²) in [6.45, 7) is 10.7. The fraction of sp³-hybridized carbons (Fsp3) is 0.667. The molecule has 0 N–H and O–H groups in total. The maximum Gasteiger partial charge on any atom is 0.165 e. The Morgan fingerprint density at radius 1 is 0.651 bits per heavy atom. The first-order valence-electron chi connectivity index (χ1n) is 16.6.